The van der Waals surface area contributed by atoms with Crippen LogP contribution in [0.2, 0.25) is 0 Å². The molecular formula is C60H36N2OS. The zero-order valence-corrected chi connectivity index (χ0v) is 35.3. The van der Waals surface area contributed by atoms with Crippen molar-refractivity contribution in [2.24, 2.45) is 0 Å². The molecule has 0 spiro atoms. The van der Waals surface area contributed by atoms with E-state index in [-0.39, 0.29) is 0 Å². The number of hydrogen-bond donors (Lipinski definition) is 0. The summed E-state index contributed by atoms with van der Waals surface area (Å²) in [5.41, 5.74) is 15.8. The van der Waals surface area contributed by atoms with Crippen LogP contribution in [0.25, 0.3) is 130 Å². The molecule has 0 aliphatic carbocycles. The van der Waals surface area contributed by atoms with Crippen molar-refractivity contribution in [2.75, 3.05) is 0 Å². The quantitative estimate of drug-likeness (QED) is 0.169. The molecule has 14 rings (SSSR count). The Hall–Kier alpha value is -8.18. The molecule has 14 aromatic rings. The third kappa shape index (κ3) is 5.15. The van der Waals surface area contributed by atoms with Gasteiger partial charge in [-0.1, -0.05) is 152 Å². The summed E-state index contributed by atoms with van der Waals surface area (Å²) < 4.78 is 14.4. The minimum absolute atomic E-state index is 0.876. The standard InChI is InChI=1S/C60H36N2OS/c1-3-13-37(14-4-1)39-25-28-41(29-26-39)61-51-22-9-7-17-47(51)58-53(61)33-31-44-49-35-40(38-15-5-2-6-16-38)27-32-52(49)62(59(44)58)42-30-34-54-50(36-42)46-21-11-20-45(60(46)63-54)43-19-12-24-56-57(43)48-18-8-10-23-55(48)64-56/h1-36H. The van der Waals surface area contributed by atoms with E-state index in [1.165, 1.54) is 86.1 Å². The Kier molecular flexibility index (Phi) is 7.56. The van der Waals surface area contributed by atoms with Gasteiger partial charge in [-0.05, 0) is 94.5 Å². The summed E-state index contributed by atoms with van der Waals surface area (Å²) in [5, 5.41) is 9.67. The summed E-state index contributed by atoms with van der Waals surface area (Å²) in [4.78, 5) is 0. The smallest absolute Gasteiger partial charge is 0.143 e. The van der Waals surface area contributed by atoms with Crippen LogP contribution in [0.5, 0.6) is 0 Å². The lowest BCUT2D eigenvalue weighted by Gasteiger charge is -2.11. The number of para-hydroxylation sites is 2. The minimum atomic E-state index is 0.876. The highest BCUT2D eigenvalue weighted by atomic mass is 32.1. The zero-order chi connectivity index (χ0) is 41.9. The van der Waals surface area contributed by atoms with Crippen LogP contribution in [0, 0.1) is 0 Å². The Labute approximate surface area is 371 Å². The molecule has 64 heavy (non-hydrogen) atoms. The summed E-state index contributed by atoms with van der Waals surface area (Å²) in [7, 11) is 0. The van der Waals surface area contributed by atoms with Crippen LogP contribution >= 0.6 is 11.3 Å². The van der Waals surface area contributed by atoms with Crippen LogP contribution in [0.3, 0.4) is 0 Å². The summed E-state index contributed by atoms with van der Waals surface area (Å²) in [6.07, 6.45) is 0. The Balaban J connectivity index is 1.03. The number of aromatic nitrogens is 2. The normalized spacial score (nSPS) is 12.1. The summed E-state index contributed by atoms with van der Waals surface area (Å²) in [6.45, 7) is 0. The Bertz CT molecular complexity index is 4170. The number of rotatable bonds is 5. The van der Waals surface area contributed by atoms with Gasteiger partial charge in [-0.15, -0.1) is 11.3 Å². The van der Waals surface area contributed by atoms with E-state index in [9.17, 15) is 0 Å². The van der Waals surface area contributed by atoms with Crippen LogP contribution in [-0.4, -0.2) is 9.13 Å². The maximum atomic E-state index is 6.90. The number of nitrogens with zero attached hydrogens (tertiary/aromatic N) is 2. The van der Waals surface area contributed by atoms with Gasteiger partial charge in [0, 0.05) is 69.4 Å². The third-order valence-electron chi connectivity index (χ3n) is 13.3. The number of fused-ring (bicyclic) bond motifs is 13. The van der Waals surface area contributed by atoms with Gasteiger partial charge in [0.05, 0.1) is 22.1 Å². The highest BCUT2D eigenvalue weighted by molar-refractivity contribution is 7.25. The van der Waals surface area contributed by atoms with E-state index in [0.29, 0.717) is 0 Å². The van der Waals surface area contributed by atoms with Crippen molar-refractivity contribution < 1.29 is 4.42 Å². The van der Waals surface area contributed by atoms with E-state index in [1.54, 1.807) is 0 Å². The zero-order valence-electron chi connectivity index (χ0n) is 34.5. The lowest BCUT2D eigenvalue weighted by molar-refractivity contribution is 0.670. The first kappa shape index (κ1) is 35.4. The third-order valence-corrected chi connectivity index (χ3v) is 14.5. The van der Waals surface area contributed by atoms with Gasteiger partial charge in [0.1, 0.15) is 11.2 Å². The van der Waals surface area contributed by atoms with Crippen molar-refractivity contribution in [2.45, 2.75) is 0 Å². The summed E-state index contributed by atoms with van der Waals surface area (Å²) >= 11 is 1.85. The van der Waals surface area contributed by atoms with Crippen molar-refractivity contribution in [3.05, 3.63) is 218 Å². The largest absolute Gasteiger partial charge is 0.455 e. The van der Waals surface area contributed by atoms with Gasteiger partial charge in [0.2, 0.25) is 0 Å². The molecule has 0 radical (unpaired) electrons. The number of furan rings is 1. The first-order valence-electron chi connectivity index (χ1n) is 21.8. The average Bonchev–Trinajstić information content (AvgIpc) is 4.12. The molecule has 3 nitrogen and oxygen atoms in total. The van der Waals surface area contributed by atoms with Crippen molar-refractivity contribution in [1.29, 1.82) is 0 Å². The van der Waals surface area contributed by atoms with E-state index in [0.717, 1.165) is 44.4 Å². The van der Waals surface area contributed by atoms with Crippen molar-refractivity contribution >= 4 is 97.1 Å². The predicted octanol–water partition coefficient (Wildman–Crippen LogP) is 17.1. The Morgan fingerprint density at radius 1 is 0.328 bits per heavy atom. The van der Waals surface area contributed by atoms with Gasteiger partial charge in [0.15, 0.2) is 0 Å². The van der Waals surface area contributed by atoms with Crippen LogP contribution in [0.15, 0.2) is 223 Å². The van der Waals surface area contributed by atoms with Gasteiger partial charge in [-0.2, -0.15) is 0 Å². The molecular weight excluding hydrogens is 797 g/mol. The van der Waals surface area contributed by atoms with Gasteiger partial charge in [0.25, 0.3) is 0 Å². The Morgan fingerprint density at radius 2 is 0.953 bits per heavy atom. The molecule has 0 aliphatic heterocycles. The number of hydrogen-bond acceptors (Lipinski definition) is 2. The molecule has 4 aromatic heterocycles. The van der Waals surface area contributed by atoms with Crippen molar-refractivity contribution in [3.63, 3.8) is 0 Å². The molecule has 4 heteroatoms. The monoisotopic (exact) mass is 832 g/mol. The molecule has 298 valence electrons. The maximum absolute atomic E-state index is 6.90. The fraction of sp³-hybridized carbons (Fsp3) is 0. The predicted molar refractivity (Wildman–Crippen MR) is 272 cm³/mol. The van der Waals surface area contributed by atoms with E-state index < -0.39 is 0 Å². The lowest BCUT2D eigenvalue weighted by Crippen LogP contribution is -1.95. The van der Waals surface area contributed by atoms with Gasteiger partial charge in [-0.3, -0.25) is 0 Å². The SMILES string of the molecule is c1ccc(-c2ccc(-n3c4ccccc4c4c3ccc3c5cc(-c6ccccc6)ccc5n(-c5ccc6oc7c(-c8cccc9sc%10ccccc%10c89)cccc7c6c5)c34)cc2)cc1. The van der Waals surface area contributed by atoms with Crippen molar-refractivity contribution in [3.8, 4) is 44.8 Å². The molecule has 0 amide bonds. The van der Waals surface area contributed by atoms with Crippen LogP contribution < -0.4 is 0 Å². The van der Waals surface area contributed by atoms with Gasteiger partial charge >= 0.3 is 0 Å². The molecule has 0 N–H and O–H groups in total. The minimum Gasteiger partial charge on any atom is -0.455 e. The molecule has 0 fully saturated rings. The second-order valence-electron chi connectivity index (χ2n) is 16.8. The van der Waals surface area contributed by atoms with E-state index >= 15 is 0 Å². The molecule has 0 saturated heterocycles. The van der Waals surface area contributed by atoms with Crippen molar-refractivity contribution in [1.82, 2.24) is 9.13 Å². The Morgan fingerprint density at radius 3 is 1.80 bits per heavy atom. The first-order chi connectivity index (χ1) is 31.7. The molecule has 0 atom stereocenters. The van der Waals surface area contributed by atoms with E-state index in [2.05, 4.69) is 228 Å². The summed E-state index contributed by atoms with van der Waals surface area (Å²) in [5.74, 6) is 0. The van der Waals surface area contributed by atoms with Crippen LogP contribution in [0.4, 0.5) is 0 Å². The maximum Gasteiger partial charge on any atom is 0.143 e. The number of benzene rings is 10. The van der Waals surface area contributed by atoms with E-state index in [4.69, 9.17) is 4.42 Å². The average molecular weight is 833 g/mol. The first-order valence-corrected chi connectivity index (χ1v) is 22.6. The number of thiophene rings is 1. The molecule has 0 bridgehead atoms. The topological polar surface area (TPSA) is 23.0 Å². The molecule has 4 heterocycles. The highest BCUT2D eigenvalue weighted by Crippen LogP contribution is 2.46. The molecule has 0 aliphatic rings. The second-order valence-corrected chi connectivity index (χ2v) is 17.9. The fourth-order valence-electron chi connectivity index (χ4n) is 10.5. The summed E-state index contributed by atoms with van der Waals surface area (Å²) in [6, 6.07) is 79.6. The van der Waals surface area contributed by atoms with Crippen LogP contribution in [-0.2, 0) is 0 Å². The molecule has 0 saturated carbocycles. The molecule has 10 aromatic carbocycles. The molecule has 0 unspecified atom stereocenters. The van der Waals surface area contributed by atoms with Gasteiger partial charge in [-0.25, -0.2) is 0 Å². The van der Waals surface area contributed by atoms with E-state index in [1.807, 2.05) is 11.3 Å². The van der Waals surface area contributed by atoms with Gasteiger partial charge < -0.3 is 13.6 Å². The fourth-order valence-corrected chi connectivity index (χ4v) is 11.6. The lowest BCUT2D eigenvalue weighted by atomic mass is 9.97. The highest BCUT2D eigenvalue weighted by Gasteiger charge is 2.23. The van der Waals surface area contributed by atoms with Crippen LogP contribution in [0.1, 0.15) is 0 Å². The second kappa shape index (κ2) is 13.7.